The molecule has 2 heterocycles. The van der Waals surface area contributed by atoms with Crippen molar-refractivity contribution < 1.29 is 13.9 Å². The molecule has 0 aromatic heterocycles. The van der Waals surface area contributed by atoms with Gasteiger partial charge in [-0.2, -0.15) is 0 Å². The maximum atomic E-state index is 13.5. The van der Waals surface area contributed by atoms with Crippen LogP contribution in [0.25, 0.3) is 0 Å². The molecule has 0 radical (unpaired) electrons. The van der Waals surface area contributed by atoms with Gasteiger partial charge in [0.05, 0.1) is 11.9 Å². The fourth-order valence-electron chi connectivity index (χ4n) is 2.19. The van der Waals surface area contributed by atoms with E-state index < -0.39 is 5.82 Å². The summed E-state index contributed by atoms with van der Waals surface area (Å²) in [5.41, 5.74) is 0.244. The summed E-state index contributed by atoms with van der Waals surface area (Å²) in [4.78, 5) is 16.0. The fourth-order valence-corrected chi connectivity index (χ4v) is 3.31. The van der Waals surface area contributed by atoms with Crippen LogP contribution in [0.4, 0.5) is 10.1 Å². The summed E-state index contributed by atoms with van der Waals surface area (Å²) < 4.78 is 18.8. The van der Waals surface area contributed by atoms with Gasteiger partial charge in [-0.1, -0.05) is 23.9 Å². The van der Waals surface area contributed by atoms with Crippen LogP contribution >= 0.6 is 11.8 Å². The molecule has 3 rings (SSSR count). The molecule has 0 aliphatic carbocycles. The molecule has 1 aromatic carbocycles. The summed E-state index contributed by atoms with van der Waals surface area (Å²) in [5, 5.41) is 3.00. The molecule has 1 N–H and O–H groups in total. The van der Waals surface area contributed by atoms with Crippen LogP contribution in [-0.4, -0.2) is 29.5 Å². The van der Waals surface area contributed by atoms with E-state index in [4.69, 9.17) is 4.74 Å². The number of amidine groups is 1. The standard InChI is InChI=1S/C13H13FN2O2S/c14-9-3-1-2-4-10(9)15-13-16-12(17)11(19-13)8-5-6-18-7-8/h1-4,8,11H,5-7H2,(H,15,16,17). The Kier molecular flexibility index (Phi) is 3.52. The van der Waals surface area contributed by atoms with Crippen molar-refractivity contribution in [2.75, 3.05) is 13.2 Å². The number of thioether (sulfide) groups is 1. The quantitative estimate of drug-likeness (QED) is 0.902. The Labute approximate surface area is 114 Å². The smallest absolute Gasteiger partial charge is 0.239 e. The van der Waals surface area contributed by atoms with E-state index >= 15 is 0 Å². The van der Waals surface area contributed by atoms with Gasteiger partial charge >= 0.3 is 0 Å². The van der Waals surface area contributed by atoms with Crippen molar-refractivity contribution in [3.8, 4) is 0 Å². The topological polar surface area (TPSA) is 50.7 Å². The summed E-state index contributed by atoms with van der Waals surface area (Å²) in [5.74, 6) is -0.230. The first-order valence-corrected chi connectivity index (χ1v) is 7.00. The zero-order valence-corrected chi connectivity index (χ0v) is 11.0. The van der Waals surface area contributed by atoms with Gasteiger partial charge in [-0.25, -0.2) is 9.38 Å². The van der Waals surface area contributed by atoms with Gasteiger partial charge < -0.3 is 10.1 Å². The summed E-state index contributed by atoms with van der Waals surface area (Å²) >= 11 is 1.36. The molecule has 2 aliphatic rings. The van der Waals surface area contributed by atoms with Crippen LogP contribution < -0.4 is 5.32 Å². The first-order chi connectivity index (χ1) is 9.24. The van der Waals surface area contributed by atoms with Crippen molar-refractivity contribution in [2.45, 2.75) is 11.7 Å². The first-order valence-electron chi connectivity index (χ1n) is 6.12. The molecular weight excluding hydrogens is 267 g/mol. The largest absolute Gasteiger partial charge is 0.381 e. The predicted molar refractivity (Wildman–Crippen MR) is 71.9 cm³/mol. The number of hydrogen-bond donors (Lipinski definition) is 1. The molecule has 0 bridgehead atoms. The number of ether oxygens (including phenoxy) is 1. The molecule has 2 atom stereocenters. The number of benzene rings is 1. The highest BCUT2D eigenvalue weighted by Crippen LogP contribution is 2.32. The number of nitrogens with one attached hydrogen (secondary N) is 1. The van der Waals surface area contributed by atoms with Gasteiger partial charge in [0.25, 0.3) is 0 Å². The summed E-state index contributed by atoms with van der Waals surface area (Å²) in [7, 11) is 0. The average Bonchev–Trinajstić information content (AvgIpc) is 3.01. The SMILES string of the molecule is O=C1NC(=Nc2ccccc2F)SC1C1CCOC1. The molecule has 6 heteroatoms. The van der Waals surface area contributed by atoms with Crippen LogP contribution in [0.1, 0.15) is 6.42 Å². The Hall–Kier alpha value is -1.40. The van der Waals surface area contributed by atoms with Crippen LogP contribution in [0.15, 0.2) is 29.3 Å². The number of aliphatic imine (C=N–C) groups is 1. The van der Waals surface area contributed by atoms with Gasteiger partial charge in [0, 0.05) is 12.5 Å². The summed E-state index contributed by atoms with van der Waals surface area (Å²) in [6.07, 6.45) is 0.887. The average molecular weight is 280 g/mol. The highest BCUT2D eigenvalue weighted by Gasteiger charge is 2.38. The number of halogens is 1. The van der Waals surface area contributed by atoms with Gasteiger partial charge in [-0.05, 0) is 18.6 Å². The lowest BCUT2D eigenvalue weighted by atomic mass is 10.0. The third kappa shape index (κ3) is 2.64. The Morgan fingerprint density at radius 3 is 3.00 bits per heavy atom. The second-order valence-corrected chi connectivity index (χ2v) is 5.65. The van der Waals surface area contributed by atoms with Crippen molar-refractivity contribution in [2.24, 2.45) is 10.9 Å². The van der Waals surface area contributed by atoms with Crippen LogP contribution in [0, 0.1) is 11.7 Å². The van der Waals surface area contributed by atoms with E-state index in [0.29, 0.717) is 18.4 Å². The van der Waals surface area contributed by atoms with Gasteiger partial charge in [0.15, 0.2) is 5.17 Å². The van der Waals surface area contributed by atoms with Gasteiger partial charge in [0.2, 0.25) is 5.91 Å². The monoisotopic (exact) mass is 280 g/mol. The zero-order chi connectivity index (χ0) is 13.2. The minimum absolute atomic E-state index is 0.0596. The number of rotatable bonds is 2. The highest BCUT2D eigenvalue weighted by atomic mass is 32.2. The minimum atomic E-state index is -0.391. The molecule has 1 aromatic rings. The second-order valence-electron chi connectivity index (χ2n) is 4.52. The van der Waals surface area contributed by atoms with E-state index in [1.165, 1.54) is 17.8 Å². The third-order valence-electron chi connectivity index (χ3n) is 3.19. The number of carbonyl (C=O) groups is 1. The van der Waals surface area contributed by atoms with Gasteiger partial charge in [0.1, 0.15) is 11.5 Å². The number of nitrogens with zero attached hydrogens (tertiary/aromatic N) is 1. The summed E-state index contributed by atoms with van der Waals surface area (Å²) in [6, 6.07) is 6.26. The van der Waals surface area contributed by atoms with Crippen molar-refractivity contribution in [3.63, 3.8) is 0 Å². The number of carbonyl (C=O) groups excluding carboxylic acids is 1. The molecular formula is C13H13FN2O2S. The molecule has 1 amide bonds. The molecule has 2 fully saturated rings. The predicted octanol–water partition coefficient (Wildman–Crippen LogP) is 2.08. The van der Waals surface area contributed by atoms with Crippen LogP contribution in [0.5, 0.6) is 0 Å². The molecule has 2 unspecified atom stereocenters. The van der Waals surface area contributed by atoms with Crippen molar-refractivity contribution in [1.29, 1.82) is 0 Å². The van der Waals surface area contributed by atoms with E-state index in [1.807, 2.05) is 0 Å². The number of amides is 1. The lowest BCUT2D eigenvalue weighted by molar-refractivity contribution is -0.119. The Morgan fingerprint density at radius 1 is 1.42 bits per heavy atom. The van der Waals surface area contributed by atoms with E-state index in [0.717, 1.165) is 6.42 Å². The lowest BCUT2D eigenvalue weighted by Crippen LogP contribution is -2.30. The number of para-hydroxylation sites is 1. The normalized spacial score (nSPS) is 28.9. The molecule has 19 heavy (non-hydrogen) atoms. The van der Waals surface area contributed by atoms with E-state index in [2.05, 4.69) is 10.3 Å². The molecule has 0 spiro atoms. The first kappa shape index (κ1) is 12.6. The Morgan fingerprint density at radius 2 is 2.26 bits per heavy atom. The fraction of sp³-hybridized carbons (Fsp3) is 0.385. The van der Waals surface area contributed by atoms with Gasteiger partial charge in [-0.15, -0.1) is 0 Å². The van der Waals surface area contributed by atoms with Crippen LogP contribution in [0.2, 0.25) is 0 Å². The van der Waals surface area contributed by atoms with E-state index in [-0.39, 0.29) is 22.8 Å². The van der Waals surface area contributed by atoms with Crippen LogP contribution in [0.3, 0.4) is 0 Å². The van der Waals surface area contributed by atoms with E-state index in [1.54, 1.807) is 18.2 Å². The van der Waals surface area contributed by atoms with Crippen molar-refractivity contribution in [1.82, 2.24) is 5.32 Å². The highest BCUT2D eigenvalue weighted by molar-refractivity contribution is 8.15. The maximum Gasteiger partial charge on any atom is 0.239 e. The van der Waals surface area contributed by atoms with Crippen molar-refractivity contribution >= 4 is 28.5 Å². The molecule has 100 valence electrons. The maximum absolute atomic E-state index is 13.5. The Bertz CT molecular complexity index is 529. The van der Waals surface area contributed by atoms with Gasteiger partial charge in [-0.3, -0.25) is 4.79 Å². The van der Waals surface area contributed by atoms with Crippen LogP contribution in [-0.2, 0) is 9.53 Å². The third-order valence-corrected chi connectivity index (χ3v) is 4.46. The molecule has 4 nitrogen and oxygen atoms in total. The molecule has 2 aliphatic heterocycles. The van der Waals surface area contributed by atoms with E-state index in [9.17, 15) is 9.18 Å². The lowest BCUT2D eigenvalue weighted by Gasteiger charge is -2.10. The zero-order valence-electron chi connectivity index (χ0n) is 10.1. The Balaban J connectivity index is 1.77. The van der Waals surface area contributed by atoms with Crippen molar-refractivity contribution in [3.05, 3.63) is 30.1 Å². The second kappa shape index (κ2) is 5.30. The number of hydrogen-bond acceptors (Lipinski definition) is 4. The summed E-state index contributed by atoms with van der Waals surface area (Å²) in [6.45, 7) is 1.31. The minimum Gasteiger partial charge on any atom is -0.381 e. The molecule has 2 saturated heterocycles. The molecule has 0 saturated carbocycles.